The van der Waals surface area contributed by atoms with Gasteiger partial charge in [-0.2, -0.15) is 0 Å². The zero-order chi connectivity index (χ0) is 13.2. The molecule has 1 saturated heterocycles. The molecule has 0 aromatic heterocycles. The van der Waals surface area contributed by atoms with E-state index >= 15 is 0 Å². The molecular formula is C14H18N2O2. The minimum absolute atomic E-state index is 0.0155. The van der Waals surface area contributed by atoms with Crippen LogP contribution >= 0.6 is 0 Å². The van der Waals surface area contributed by atoms with E-state index < -0.39 is 5.54 Å². The van der Waals surface area contributed by atoms with Gasteiger partial charge < -0.3 is 10.2 Å². The molecule has 18 heavy (non-hydrogen) atoms. The Kier molecular flexibility index (Phi) is 3.36. The molecule has 4 heteroatoms. The average Bonchev–Trinajstić information content (AvgIpc) is 2.42. The van der Waals surface area contributed by atoms with Crippen molar-refractivity contribution in [2.24, 2.45) is 0 Å². The van der Waals surface area contributed by atoms with E-state index in [4.69, 9.17) is 0 Å². The van der Waals surface area contributed by atoms with Crippen molar-refractivity contribution in [1.82, 2.24) is 5.32 Å². The number of rotatable bonds is 3. The number of nitrogens with one attached hydrogen (secondary N) is 1. The summed E-state index contributed by atoms with van der Waals surface area (Å²) >= 11 is 0. The molecule has 1 N–H and O–H groups in total. The molecule has 4 nitrogen and oxygen atoms in total. The van der Waals surface area contributed by atoms with Gasteiger partial charge in [0.1, 0.15) is 12.1 Å². The van der Waals surface area contributed by atoms with Gasteiger partial charge >= 0.3 is 0 Å². The minimum Gasteiger partial charge on any atom is -0.340 e. The standard InChI is InChI=1S/C14H18N2O2/c1-3-14(4-2)13(18)16(10-12(17)15-14)11-8-6-5-7-9-11/h5-9H,3-4,10H2,1-2H3,(H,15,17). The third kappa shape index (κ3) is 1.98. The first-order valence-corrected chi connectivity index (χ1v) is 6.31. The van der Waals surface area contributed by atoms with Crippen LogP contribution in [0.15, 0.2) is 30.3 Å². The summed E-state index contributed by atoms with van der Waals surface area (Å²) in [4.78, 5) is 26.0. The van der Waals surface area contributed by atoms with Crippen LogP contribution in [0, 0.1) is 0 Å². The first-order chi connectivity index (χ1) is 8.63. The van der Waals surface area contributed by atoms with E-state index in [0.717, 1.165) is 5.69 Å². The lowest BCUT2D eigenvalue weighted by Gasteiger charge is -2.41. The summed E-state index contributed by atoms with van der Waals surface area (Å²) in [7, 11) is 0. The number of nitrogens with zero attached hydrogens (tertiary/aromatic N) is 1. The topological polar surface area (TPSA) is 49.4 Å². The molecule has 1 aromatic rings. The van der Waals surface area contributed by atoms with Crippen LogP contribution in [0.5, 0.6) is 0 Å². The van der Waals surface area contributed by atoms with Gasteiger partial charge in [0.15, 0.2) is 0 Å². The highest BCUT2D eigenvalue weighted by Crippen LogP contribution is 2.26. The van der Waals surface area contributed by atoms with Crippen molar-refractivity contribution in [3.8, 4) is 0 Å². The summed E-state index contributed by atoms with van der Waals surface area (Å²) in [5.41, 5.74) is 0.0363. The van der Waals surface area contributed by atoms with Crippen molar-refractivity contribution in [2.45, 2.75) is 32.2 Å². The summed E-state index contributed by atoms with van der Waals surface area (Å²) in [6.07, 6.45) is 1.22. The molecule has 1 aromatic carbocycles. The number of hydrogen-bond acceptors (Lipinski definition) is 2. The van der Waals surface area contributed by atoms with E-state index in [-0.39, 0.29) is 18.4 Å². The van der Waals surface area contributed by atoms with Gasteiger partial charge in [-0.25, -0.2) is 0 Å². The molecule has 0 unspecified atom stereocenters. The van der Waals surface area contributed by atoms with Crippen LogP contribution in [0.25, 0.3) is 0 Å². The smallest absolute Gasteiger partial charge is 0.253 e. The molecule has 0 bridgehead atoms. The molecule has 0 spiro atoms. The molecule has 96 valence electrons. The molecule has 0 atom stereocenters. The van der Waals surface area contributed by atoms with E-state index in [1.807, 2.05) is 44.2 Å². The highest BCUT2D eigenvalue weighted by molar-refractivity contribution is 6.09. The van der Waals surface area contributed by atoms with Gasteiger partial charge in [-0.3, -0.25) is 9.59 Å². The third-order valence-electron chi connectivity index (χ3n) is 3.61. The van der Waals surface area contributed by atoms with E-state index in [1.54, 1.807) is 4.90 Å². The zero-order valence-electron chi connectivity index (χ0n) is 10.8. The molecule has 1 heterocycles. The normalized spacial score (nSPS) is 18.7. The van der Waals surface area contributed by atoms with E-state index in [2.05, 4.69) is 5.32 Å². The number of amides is 2. The Hall–Kier alpha value is -1.84. The molecule has 1 aliphatic rings. The molecule has 2 rings (SSSR count). The number of carbonyl (C=O) groups excluding carboxylic acids is 2. The first kappa shape index (κ1) is 12.6. The lowest BCUT2D eigenvalue weighted by molar-refractivity contribution is -0.136. The number of hydrogen-bond donors (Lipinski definition) is 1. The quantitative estimate of drug-likeness (QED) is 0.882. The fourth-order valence-corrected chi connectivity index (χ4v) is 2.38. The van der Waals surface area contributed by atoms with Crippen molar-refractivity contribution >= 4 is 17.5 Å². The van der Waals surface area contributed by atoms with Crippen molar-refractivity contribution in [1.29, 1.82) is 0 Å². The molecule has 1 aliphatic heterocycles. The van der Waals surface area contributed by atoms with Crippen LogP contribution in [0.4, 0.5) is 5.69 Å². The van der Waals surface area contributed by atoms with E-state index in [1.165, 1.54) is 0 Å². The number of piperazine rings is 1. The Bertz CT molecular complexity index is 452. The van der Waals surface area contributed by atoms with Gasteiger partial charge in [0.05, 0.1) is 0 Å². The van der Waals surface area contributed by atoms with Gasteiger partial charge in [0, 0.05) is 5.69 Å². The summed E-state index contributed by atoms with van der Waals surface area (Å²) in [6.45, 7) is 3.96. The van der Waals surface area contributed by atoms with Crippen molar-refractivity contribution < 1.29 is 9.59 Å². The lowest BCUT2D eigenvalue weighted by atomic mass is 9.88. The molecule has 1 fully saturated rings. The number of carbonyl (C=O) groups is 2. The largest absolute Gasteiger partial charge is 0.340 e. The van der Waals surface area contributed by atoms with Crippen LogP contribution in [-0.4, -0.2) is 23.9 Å². The second kappa shape index (κ2) is 4.80. The second-order valence-electron chi connectivity index (χ2n) is 4.56. The highest BCUT2D eigenvalue weighted by atomic mass is 16.2. The van der Waals surface area contributed by atoms with E-state index in [9.17, 15) is 9.59 Å². The average molecular weight is 246 g/mol. The Labute approximate surface area is 107 Å². The SMILES string of the molecule is CCC1(CC)NC(=O)CN(c2ccccc2)C1=O. The second-order valence-corrected chi connectivity index (χ2v) is 4.56. The molecule has 0 aliphatic carbocycles. The van der Waals surface area contributed by atoms with Crippen molar-refractivity contribution in [3.05, 3.63) is 30.3 Å². The van der Waals surface area contributed by atoms with Gasteiger partial charge in [-0.05, 0) is 25.0 Å². The van der Waals surface area contributed by atoms with Crippen LogP contribution in [-0.2, 0) is 9.59 Å². The van der Waals surface area contributed by atoms with Crippen molar-refractivity contribution in [2.75, 3.05) is 11.4 Å². The minimum atomic E-state index is -0.745. The Balaban J connectivity index is 2.37. The summed E-state index contributed by atoms with van der Waals surface area (Å²) < 4.78 is 0. The zero-order valence-corrected chi connectivity index (χ0v) is 10.8. The van der Waals surface area contributed by atoms with Gasteiger partial charge in [0.25, 0.3) is 5.91 Å². The van der Waals surface area contributed by atoms with Crippen LogP contribution < -0.4 is 10.2 Å². The number of benzene rings is 1. The molecule has 0 saturated carbocycles. The van der Waals surface area contributed by atoms with Gasteiger partial charge in [0.2, 0.25) is 5.91 Å². The number of anilines is 1. The number of para-hydroxylation sites is 1. The predicted molar refractivity (Wildman–Crippen MR) is 70.3 cm³/mol. The van der Waals surface area contributed by atoms with Crippen molar-refractivity contribution in [3.63, 3.8) is 0 Å². The molecular weight excluding hydrogens is 228 g/mol. The van der Waals surface area contributed by atoms with Crippen LogP contribution in [0.3, 0.4) is 0 Å². The first-order valence-electron chi connectivity index (χ1n) is 6.31. The van der Waals surface area contributed by atoms with Gasteiger partial charge in [-0.1, -0.05) is 32.0 Å². The maximum atomic E-state index is 12.6. The maximum Gasteiger partial charge on any atom is 0.253 e. The summed E-state index contributed by atoms with van der Waals surface area (Å²) in [5.74, 6) is -0.111. The Morgan fingerprint density at radius 1 is 1.17 bits per heavy atom. The fourth-order valence-electron chi connectivity index (χ4n) is 2.38. The Morgan fingerprint density at radius 2 is 1.78 bits per heavy atom. The monoisotopic (exact) mass is 246 g/mol. The summed E-state index contributed by atoms with van der Waals surface area (Å²) in [6, 6.07) is 9.34. The third-order valence-corrected chi connectivity index (χ3v) is 3.61. The summed E-state index contributed by atoms with van der Waals surface area (Å²) in [5, 5.41) is 2.85. The predicted octanol–water partition coefficient (Wildman–Crippen LogP) is 1.71. The lowest BCUT2D eigenvalue weighted by Crippen LogP contribution is -2.66. The fraction of sp³-hybridized carbons (Fsp3) is 0.429. The maximum absolute atomic E-state index is 12.6. The molecule has 2 amide bonds. The van der Waals surface area contributed by atoms with E-state index in [0.29, 0.717) is 12.8 Å². The highest BCUT2D eigenvalue weighted by Gasteiger charge is 2.44. The Morgan fingerprint density at radius 3 is 2.33 bits per heavy atom. The van der Waals surface area contributed by atoms with Gasteiger partial charge in [-0.15, -0.1) is 0 Å². The molecule has 0 radical (unpaired) electrons. The van der Waals surface area contributed by atoms with Crippen LogP contribution in [0.1, 0.15) is 26.7 Å². The van der Waals surface area contributed by atoms with Crippen LogP contribution in [0.2, 0.25) is 0 Å².